The van der Waals surface area contributed by atoms with Gasteiger partial charge in [-0.3, -0.25) is 0 Å². The minimum Gasteiger partial charge on any atom is -0.396 e. The topological polar surface area (TPSA) is 43.7 Å². The van der Waals surface area contributed by atoms with Crippen LogP contribution in [0.3, 0.4) is 0 Å². The number of rotatable bonds is 4. The quantitative estimate of drug-likeness (QED) is 0.783. The third-order valence-corrected chi connectivity index (χ3v) is 5.07. The Morgan fingerprint density at radius 2 is 1.94 bits per heavy atom. The monoisotopic (exact) mass is 241 g/mol. The molecule has 2 rings (SSSR count). The van der Waals surface area contributed by atoms with Crippen molar-refractivity contribution in [2.24, 2.45) is 17.8 Å². The summed E-state index contributed by atoms with van der Waals surface area (Å²) in [5, 5.41) is 18.4. The van der Waals surface area contributed by atoms with Crippen molar-refractivity contribution in [3.63, 3.8) is 0 Å². The first-order valence-electron chi connectivity index (χ1n) is 7.14. The Morgan fingerprint density at radius 3 is 2.53 bits per heavy atom. The fourth-order valence-electron chi connectivity index (χ4n) is 3.54. The molecule has 0 amide bonds. The average molecular weight is 241 g/mol. The van der Waals surface area contributed by atoms with Crippen LogP contribution in [-0.4, -0.2) is 47.0 Å². The Labute approximate surface area is 105 Å². The first kappa shape index (κ1) is 13.3. The van der Waals surface area contributed by atoms with Crippen LogP contribution >= 0.6 is 0 Å². The molecule has 2 fully saturated rings. The van der Waals surface area contributed by atoms with Crippen LogP contribution in [0.5, 0.6) is 0 Å². The van der Waals surface area contributed by atoms with Crippen LogP contribution < -0.4 is 0 Å². The van der Waals surface area contributed by atoms with Crippen molar-refractivity contribution in [2.45, 2.75) is 51.7 Å². The molecule has 2 N–H and O–H groups in total. The molecule has 0 spiro atoms. The third-order valence-electron chi connectivity index (χ3n) is 5.07. The van der Waals surface area contributed by atoms with Gasteiger partial charge in [0, 0.05) is 19.2 Å². The first-order valence-corrected chi connectivity index (χ1v) is 7.14. The molecule has 0 bridgehead atoms. The van der Waals surface area contributed by atoms with E-state index in [9.17, 15) is 5.11 Å². The van der Waals surface area contributed by atoms with E-state index in [4.69, 9.17) is 5.11 Å². The molecule has 100 valence electrons. The third kappa shape index (κ3) is 3.01. The first-order chi connectivity index (χ1) is 8.11. The van der Waals surface area contributed by atoms with Gasteiger partial charge < -0.3 is 15.1 Å². The van der Waals surface area contributed by atoms with Gasteiger partial charge >= 0.3 is 0 Å². The SMILES string of the molecule is CC1C(CCO)CCN(CC2CC(O)C2)C1C. The maximum atomic E-state index is 9.33. The van der Waals surface area contributed by atoms with Crippen LogP contribution in [0, 0.1) is 17.8 Å². The van der Waals surface area contributed by atoms with Crippen molar-refractivity contribution < 1.29 is 10.2 Å². The highest BCUT2D eigenvalue weighted by Gasteiger charge is 2.35. The highest BCUT2D eigenvalue weighted by molar-refractivity contribution is 4.88. The van der Waals surface area contributed by atoms with Gasteiger partial charge in [-0.25, -0.2) is 0 Å². The lowest BCUT2D eigenvalue weighted by Crippen LogP contribution is -2.50. The van der Waals surface area contributed by atoms with Crippen LogP contribution in [0.25, 0.3) is 0 Å². The van der Waals surface area contributed by atoms with Gasteiger partial charge in [0.1, 0.15) is 0 Å². The molecule has 3 heteroatoms. The molecule has 1 saturated carbocycles. The summed E-state index contributed by atoms with van der Waals surface area (Å²) < 4.78 is 0. The van der Waals surface area contributed by atoms with Gasteiger partial charge in [-0.2, -0.15) is 0 Å². The zero-order valence-electron chi connectivity index (χ0n) is 11.2. The molecule has 3 unspecified atom stereocenters. The van der Waals surface area contributed by atoms with E-state index in [1.807, 2.05) is 0 Å². The number of hydrogen-bond donors (Lipinski definition) is 2. The summed E-state index contributed by atoms with van der Waals surface area (Å²) in [5.41, 5.74) is 0. The zero-order valence-corrected chi connectivity index (χ0v) is 11.2. The average Bonchev–Trinajstić information content (AvgIpc) is 2.26. The molecule has 0 aromatic rings. The maximum Gasteiger partial charge on any atom is 0.0546 e. The van der Waals surface area contributed by atoms with Crippen molar-refractivity contribution in [3.8, 4) is 0 Å². The lowest BCUT2D eigenvalue weighted by atomic mass is 9.77. The molecule has 0 aromatic heterocycles. The molecule has 0 aromatic carbocycles. The van der Waals surface area contributed by atoms with Crippen molar-refractivity contribution >= 4 is 0 Å². The number of piperidine rings is 1. The van der Waals surface area contributed by atoms with Gasteiger partial charge in [-0.15, -0.1) is 0 Å². The molecule has 17 heavy (non-hydrogen) atoms. The number of aliphatic hydroxyl groups excluding tert-OH is 2. The summed E-state index contributed by atoms with van der Waals surface area (Å²) >= 11 is 0. The predicted octanol–water partition coefficient (Wildman–Crippen LogP) is 1.49. The lowest BCUT2D eigenvalue weighted by molar-refractivity contribution is -0.00895. The van der Waals surface area contributed by atoms with Crippen molar-refractivity contribution in [3.05, 3.63) is 0 Å². The molecule has 1 aliphatic carbocycles. The molecule has 1 aliphatic heterocycles. The van der Waals surface area contributed by atoms with E-state index in [1.165, 1.54) is 13.0 Å². The highest BCUT2D eigenvalue weighted by atomic mass is 16.3. The van der Waals surface area contributed by atoms with E-state index in [0.717, 1.165) is 25.8 Å². The molecule has 1 saturated heterocycles. The number of hydrogen-bond acceptors (Lipinski definition) is 3. The van der Waals surface area contributed by atoms with Gasteiger partial charge in [-0.05, 0) is 56.9 Å². The molecule has 3 atom stereocenters. The fraction of sp³-hybridized carbons (Fsp3) is 1.00. The Balaban J connectivity index is 1.81. The summed E-state index contributed by atoms with van der Waals surface area (Å²) in [7, 11) is 0. The summed E-state index contributed by atoms with van der Waals surface area (Å²) in [6.07, 6.45) is 4.15. The molecule has 0 radical (unpaired) electrons. The van der Waals surface area contributed by atoms with E-state index in [2.05, 4.69) is 18.7 Å². The van der Waals surface area contributed by atoms with Crippen LogP contribution in [0.15, 0.2) is 0 Å². The second-order valence-corrected chi connectivity index (χ2v) is 6.15. The molecular weight excluding hydrogens is 214 g/mol. The minimum atomic E-state index is -0.0281. The van der Waals surface area contributed by atoms with Gasteiger partial charge in [-0.1, -0.05) is 6.92 Å². The zero-order chi connectivity index (χ0) is 12.4. The highest BCUT2D eigenvalue weighted by Crippen LogP contribution is 2.34. The van der Waals surface area contributed by atoms with Crippen LogP contribution in [0.4, 0.5) is 0 Å². The Hall–Kier alpha value is -0.120. The van der Waals surface area contributed by atoms with Crippen molar-refractivity contribution in [2.75, 3.05) is 19.7 Å². The predicted molar refractivity (Wildman–Crippen MR) is 68.7 cm³/mol. The maximum absolute atomic E-state index is 9.33. The standard InChI is InChI=1S/C14H27NO2/c1-10-11(2)15(5-3-13(10)4-6-16)9-12-7-14(17)8-12/h10-14,16-17H,3-9H2,1-2H3. The fourth-order valence-corrected chi connectivity index (χ4v) is 3.54. The summed E-state index contributed by atoms with van der Waals surface area (Å²) in [6, 6.07) is 0.623. The summed E-state index contributed by atoms with van der Waals surface area (Å²) in [4.78, 5) is 2.59. The Bertz CT molecular complexity index is 240. The number of likely N-dealkylation sites (tertiary alicyclic amines) is 1. The van der Waals surface area contributed by atoms with Gasteiger partial charge in [0.25, 0.3) is 0 Å². The van der Waals surface area contributed by atoms with Crippen molar-refractivity contribution in [1.29, 1.82) is 0 Å². The summed E-state index contributed by atoms with van der Waals surface area (Å²) in [6.45, 7) is 7.31. The normalized spacial score (nSPS) is 43.4. The van der Waals surface area contributed by atoms with Crippen LogP contribution in [0.1, 0.15) is 39.5 Å². The van der Waals surface area contributed by atoms with Crippen LogP contribution in [-0.2, 0) is 0 Å². The van der Waals surface area contributed by atoms with E-state index >= 15 is 0 Å². The second kappa shape index (κ2) is 5.68. The Kier molecular flexibility index (Phi) is 4.45. The minimum absolute atomic E-state index is 0.0281. The van der Waals surface area contributed by atoms with E-state index < -0.39 is 0 Å². The Morgan fingerprint density at radius 1 is 1.24 bits per heavy atom. The van der Waals surface area contributed by atoms with E-state index in [-0.39, 0.29) is 6.10 Å². The van der Waals surface area contributed by atoms with Gasteiger partial charge in [0.05, 0.1) is 6.10 Å². The van der Waals surface area contributed by atoms with E-state index in [1.54, 1.807) is 0 Å². The number of nitrogens with zero attached hydrogens (tertiary/aromatic N) is 1. The van der Waals surface area contributed by atoms with E-state index in [0.29, 0.717) is 30.4 Å². The molecule has 2 aliphatic rings. The van der Waals surface area contributed by atoms with Gasteiger partial charge in [0.2, 0.25) is 0 Å². The molecular formula is C14H27NO2. The second-order valence-electron chi connectivity index (χ2n) is 6.15. The van der Waals surface area contributed by atoms with Crippen molar-refractivity contribution in [1.82, 2.24) is 4.90 Å². The molecule has 3 nitrogen and oxygen atoms in total. The van der Waals surface area contributed by atoms with Crippen LogP contribution in [0.2, 0.25) is 0 Å². The smallest absolute Gasteiger partial charge is 0.0546 e. The number of aliphatic hydroxyl groups is 2. The largest absolute Gasteiger partial charge is 0.396 e. The lowest BCUT2D eigenvalue weighted by Gasteiger charge is -2.46. The molecule has 1 heterocycles. The van der Waals surface area contributed by atoms with Gasteiger partial charge in [0.15, 0.2) is 0 Å². The summed E-state index contributed by atoms with van der Waals surface area (Å²) in [5.74, 6) is 2.09.